The molecule has 0 bridgehead atoms. The van der Waals surface area contributed by atoms with Gasteiger partial charge in [0.1, 0.15) is 4.88 Å². The van der Waals surface area contributed by atoms with E-state index in [1.165, 1.54) is 0 Å². The van der Waals surface area contributed by atoms with Crippen LogP contribution in [-0.2, 0) is 9.59 Å². The number of piperidine rings is 1. The largest absolute Gasteiger partial charge is 0.348 e. The summed E-state index contributed by atoms with van der Waals surface area (Å²) in [6, 6.07) is 5.65. The van der Waals surface area contributed by atoms with Crippen molar-refractivity contribution in [1.29, 1.82) is 0 Å². The van der Waals surface area contributed by atoms with E-state index >= 15 is 0 Å². The first-order valence-corrected chi connectivity index (χ1v) is 10.4. The fourth-order valence-corrected chi connectivity index (χ4v) is 4.09. The highest BCUT2D eigenvalue weighted by atomic mass is 32.1. The third kappa shape index (κ3) is 5.38. The van der Waals surface area contributed by atoms with Crippen molar-refractivity contribution in [2.45, 2.75) is 33.6 Å². The van der Waals surface area contributed by atoms with E-state index < -0.39 is 11.8 Å². The van der Waals surface area contributed by atoms with Crippen LogP contribution in [0.25, 0.3) is 0 Å². The van der Waals surface area contributed by atoms with E-state index in [0.717, 1.165) is 35.5 Å². The van der Waals surface area contributed by atoms with Gasteiger partial charge in [0.25, 0.3) is 5.91 Å². The van der Waals surface area contributed by atoms with Crippen LogP contribution in [0.3, 0.4) is 0 Å². The highest BCUT2D eigenvalue weighted by molar-refractivity contribution is 7.07. The Kier molecular flexibility index (Phi) is 6.58. The van der Waals surface area contributed by atoms with E-state index in [0.29, 0.717) is 35.9 Å². The van der Waals surface area contributed by atoms with Crippen LogP contribution in [0.1, 0.15) is 39.3 Å². The summed E-state index contributed by atoms with van der Waals surface area (Å²) in [6.07, 6.45) is 1.55. The number of nitrogens with zero attached hydrogens (tertiary/aromatic N) is 3. The number of carbonyl (C=O) groups excluding carboxylic acids is 3. The summed E-state index contributed by atoms with van der Waals surface area (Å²) in [7, 11) is 0. The molecule has 9 heteroatoms. The first kappa shape index (κ1) is 20.9. The van der Waals surface area contributed by atoms with Crippen molar-refractivity contribution in [3.05, 3.63) is 39.9 Å². The summed E-state index contributed by atoms with van der Waals surface area (Å²) in [5, 5.41) is 9.24. The van der Waals surface area contributed by atoms with E-state index in [1.807, 2.05) is 32.0 Å². The molecule has 1 fully saturated rings. The summed E-state index contributed by atoms with van der Waals surface area (Å²) >= 11 is 1.12. The Labute approximate surface area is 173 Å². The number of hydrogen-bond acceptors (Lipinski definition) is 6. The van der Waals surface area contributed by atoms with Gasteiger partial charge in [-0.2, -0.15) is 0 Å². The standard InChI is InChI=1S/C20H25N5O3S/c1-12-8-13(2)10-16(9-12)22-19(27)18(26)21-11-15-4-6-25(7-5-15)20(28)17-14(3)23-24-29-17/h8-10,15H,4-7,11H2,1-3H3,(H,21,26)(H,22,27). The summed E-state index contributed by atoms with van der Waals surface area (Å²) in [4.78, 5) is 39.1. The lowest BCUT2D eigenvalue weighted by Crippen LogP contribution is -2.43. The quantitative estimate of drug-likeness (QED) is 0.744. The molecule has 2 heterocycles. The molecule has 29 heavy (non-hydrogen) atoms. The number of amides is 3. The highest BCUT2D eigenvalue weighted by Gasteiger charge is 2.26. The van der Waals surface area contributed by atoms with Crippen molar-refractivity contribution in [3.63, 3.8) is 0 Å². The first-order valence-electron chi connectivity index (χ1n) is 9.59. The zero-order valence-corrected chi connectivity index (χ0v) is 17.6. The Morgan fingerprint density at radius 1 is 1.07 bits per heavy atom. The molecular weight excluding hydrogens is 390 g/mol. The summed E-state index contributed by atoms with van der Waals surface area (Å²) in [6.45, 7) is 7.31. The Morgan fingerprint density at radius 3 is 2.31 bits per heavy atom. The van der Waals surface area contributed by atoms with E-state index in [9.17, 15) is 14.4 Å². The molecule has 0 spiro atoms. The molecule has 1 aliphatic heterocycles. The minimum Gasteiger partial charge on any atom is -0.348 e. The van der Waals surface area contributed by atoms with Gasteiger partial charge in [-0.05, 0) is 74.3 Å². The lowest BCUT2D eigenvalue weighted by Gasteiger charge is -2.31. The normalized spacial score (nSPS) is 14.5. The van der Waals surface area contributed by atoms with Crippen LogP contribution < -0.4 is 10.6 Å². The monoisotopic (exact) mass is 415 g/mol. The average Bonchev–Trinajstić information content (AvgIpc) is 3.11. The first-order chi connectivity index (χ1) is 13.8. The number of anilines is 1. The molecule has 2 N–H and O–H groups in total. The molecule has 0 radical (unpaired) electrons. The maximum absolute atomic E-state index is 12.5. The van der Waals surface area contributed by atoms with Gasteiger partial charge < -0.3 is 15.5 Å². The summed E-state index contributed by atoms with van der Waals surface area (Å²) in [5.74, 6) is -1.12. The number of aromatic nitrogens is 2. The topological polar surface area (TPSA) is 104 Å². The highest BCUT2D eigenvalue weighted by Crippen LogP contribution is 2.20. The number of hydrogen-bond donors (Lipinski definition) is 2. The van der Waals surface area contributed by atoms with Crippen LogP contribution in [0, 0.1) is 26.7 Å². The molecule has 0 atom stereocenters. The molecule has 8 nitrogen and oxygen atoms in total. The minimum atomic E-state index is -0.671. The van der Waals surface area contributed by atoms with E-state index in [2.05, 4.69) is 20.2 Å². The molecule has 1 saturated heterocycles. The molecule has 154 valence electrons. The SMILES string of the molecule is Cc1cc(C)cc(NC(=O)C(=O)NCC2CCN(C(=O)c3snnc3C)CC2)c1. The van der Waals surface area contributed by atoms with Crippen LogP contribution in [0.4, 0.5) is 5.69 Å². The van der Waals surface area contributed by atoms with Crippen molar-refractivity contribution in [2.24, 2.45) is 5.92 Å². The predicted molar refractivity (Wildman–Crippen MR) is 111 cm³/mol. The number of carbonyl (C=O) groups is 3. The van der Waals surface area contributed by atoms with Crippen LogP contribution in [0.5, 0.6) is 0 Å². The van der Waals surface area contributed by atoms with Crippen LogP contribution in [0.2, 0.25) is 0 Å². The predicted octanol–water partition coefficient (Wildman–Crippen LogP) is 2.07. The van der Waals surface area contributed by atoms with Crippen LogP contribution in [0.15, 0.2) is 18.2 Å². The Bertz CT molecular complexity index is 898. The molecule has 1 aromatic carbocycles. The van der Waals surface area contributed by atoms with Crippen LogP contribution in [-0.4, -0.2) is 51.8 Å². The Morgan fingerprint density at radius 2 is 1.72 bits per heavy atom. The number of rotatable bonds is 4. The van der Waals surface area contributed by atoms with Gasteiger partial charge in [-0.1, -0.05) is 10.6 Å². The Balaban J connectivity index is 1.44. The van der Waals surface area contributed by atoms with Crippen molar-refractivity contribution < 1.29 is 14.4 Å². The molecule has 1 aliphatic rings. The maximum Gasteiger partial charge on any atom is 0.313 e. The second-order valence-electron chi connectivity index (χ2n) is 7.46. The minimum absolute atomic E-state index is 0.0344. The second-order valence-corrected chi connectivity index (χ2v) is 8.22. The van der Waals surface area contributed by atoms with Crippen molar-refractivity contribution in [3.8, 4) is 0 Å². The zero-order valence-electron chi connectivity index (χ0n) is 16.8. The van der Waals surface area contributed by atoms with Crippen molar-refractivity contribution in [1.82, 2.24) is 19.8 Å². The van der Waals surface area contributed by atoms with Gasteiger partial charge >= 0.3 is 11.8 Å². The van der Waals surface area contributed by atoms with Gasteiger partial charge in [-0.3, -0.25) is 14.4 Å². The maximum atomic E-state index is 12.5. The Hall–Kier alpha value is -2.81. The van der Waals surface area contributed by atoms with E-state index in [1.54, 1.807) is 11.8 Å². The van der Waals surface area contributed by atoms with Gasteiger partial charge in [0.2, 0.25) is 0 Å². The van der Waals surface area contributed by atoms with Gasteiger partial charge in [-0.15, -0.1) is 5.10 Å². The molecule has 1 aromatic heterocycles. The second kappa shape index (κ2) is 9.13. The molecule has 2 aromatic rings. The smallest absolute Gasteiger partial charge is 0.313 e. The molecular formula is C20H25N5O3S. The van der Waals surface area contributed by atoms with E-state index in [-0.39, 0.29) is 11.8 Å². The third-order valence-corrected chi connectivity index (χ3v) is 5.80. The van der Waals surface area contributed by atoms with Crippen molar-refractivity contribution in [2.75, 3.05) is 25.0 Å². The summed E-state index contributed by atoms with van der Waals surface area (Å²) in [5.41, 5.74) is 3.31. The third-order valence-electron chi connectivity index (χ3n) is 4.98. The fraction of sp³-hybridized carbons (Fsp3) is 0.450. The van der Waals surface area contributed by atoms with E-state index in [4.69, 9.17) is 0 Å². The molecule has 0 saturated carbocycles. The number of aryl methyl sites for hydroxylation is 3. The van der Waals surface area contributed by atoms with Gasteiger partial charge in [0.05, 0.1) is 5.69 Å². The number of likely N-dealkylation sites (tertiary alicyclic amines) is 1. The fourth-order valence-electron chi connectivity index (χ4n) is 3.46. The summed E-state index contributed by atoms with van der Waals surface area (Å²) < 4.78 is 3.82. The lowest BCUT2D eigenvalue weighted by molar-refractivity contribution is -0.136. The molecule has 0 aliphatic carbocycles. The zero-order chi connectivity index (χ0) is 21.0. The molecule has 3 rings (SSSR count). The van der Waals surface area contributed by atoms with Crippen molar-refractivity contribution >= 4 is 34.9 Å². The van der Waals surface area contributed by atoms with Gasteiger partial charge in [0, 0.05) is 25.3 Å². The lowest BCUT2D eigenvalue weighted by atomic mass is 9.96. The average molecular weight is 416 g/mol. The van der Waals surface area contributed by atoms with Crippen LogP contribution >= 0.6 is 11.5 Å². The van der Waals surface area contributed by atoms with Gasteiger partial charge in [0.15, 0.2) is 0 Å². The molecule has 0 unspecified atom stereocenters. The molecule has 3 amide bonds. The van der Waals surface area contributed by atoms with Gasteiger partial charge in [-0.25, -0.2) is 0 Å². The number of benzene rings is 1. The number of nitrogens with one attached hydrogen (secondary N) is 2.